The van der Waals surface area contributed by atoms with Gasteiger partial charge in [-0.15, -0.1) is 11.3 Å². The molecule has 1 aromatic carbocycles. The van der Waals surface area contributed by atoms with Crippen LogP contribution in [0, 0.1) is 0 Å². The molecule has 2 N–H and O–H groups in total. The van der Waals surface area contributed by atoms with E-state index in [0.29, 0.717) is 19.5 Å². The predicted octanol–water partition coefficient (Wildman–Crippen LogP) is 2.67. The molecule has 0 aliphatic heterocycles. The van der Waals surface area contributed by atoms with Gasteiger partial charge in [-0.2, -0.15) is 0 Å². The highest BCUT2D eigenvalue weighted by Crippen LogP contribution is 2.13. The number of thiophene rings is 1. The number of hydrogen-bond donors (Lipinski definition) is 1. The SMILES string of the molecule is NCCCN(Cc1ccccc1)C(=O)Cc1cccs1. The molecule has 1 aromatic heterocycles. The number of amides is 1. The van der Waals surface area contributed by atoms with Crippen LogP contribution >= 0.6 is 11.3 Å². The van der Waals surface area contributed by atoms with Crippen molar-refractivity contribution in [2.45, 2.75) is 19.4 Å². The van der Waals surface area contributed by atoms with Crippen molar-refractivity contribution in [3.8, 4) is 0 Å². The zero-order chi connectivity index (χ0) is 14.2. The molecule has 1 amide bonds. The molecule has 0 saturated carbocycles. The molecule has 0 bridgehead atoms. The van der Waals surface area contributed by atoms with E-state index in [1.807, 2.05) is 52.7 Å². The first-order valence-electron chi connectivity index (χ1n) is 6.83. The molecule has 106 valence electrons. The Balaban J connectivity index is 2.00. The lowest BCUT2D eigenvalue weighted by Gasteiger charge is -2.22. The molecule has 0 radical (unpaired) electrons. The monoisotopic (exact) mass is 288 g/mol. The van der Waals surface area contributed by atoms with Crippen molar-refractivity contribution >= 4 is 17.2 Å². The van der Waals surface area contributed by atoms with Crippen molar-refractivity contribution in [2.75, 3.05) is 13.1 Å². The third-order valence-corrected chi connectivity index (χ3v) is 3.98. The number of nitrogens with two attached hydrogens (primary N) is 1. The Hall–Kier alpha value is -1.65. The summed E-state index contributed by atoms with van der Waals surface area (Å²) in [6.07, 6.45) is 1.32. The number of carbonyl (C=O) groups excluding carboxylic acids is 1. The van der Waals surface area contributed by atoms with E-state index >= 15 is 0 Å². The largest absolute Gasteiger partial charge is 0.338 e. The summed E-state index contributed by atoms with van der Waals surface area (Å²) in [5.41, 5.74) is 6.73. The van der Waals surface area contributed by atoms with Gasteiger partial charge in [0.15, 0.2) is 0 Å². The highest BCUT2D eigenvalue weighted by Gasteiger charge is 2.14. The molecule has 0 saturated heterocycles. The number of rotatable bonds is 7. The van der Waals surface area contributed by atoms with Crippen LogP contribution in [0.1, 0.15) is 16.9 Å². The summed E-state index contributed by atoms with van der Waals surface area (Å²) < 4.78 is 0. The summed E-state index contributed by atoms with van der Waals surface area (Å²) in [6.45, 7) is 1.98. The Morgan fingerprint density at radius 2 is 1.95 bits per heavy atom. The summed E-state index contributed by atoms with van der Waals surface area (Å²) in [5, 5.41) is 2.00. The Morgan fingerprint density at radius 3 is 2.60 bits per heavy atom. The summed E-state index contributed by atoms with van der Waals surface area (Å²) in [6, 6.07) is 14.1. The first kappa shape index (κ1) is 14.8. The molecule has 20 heavy (non-hydrogen) atoms. The summed E-state index contributed by atoms with van der Waals surface area (Å²) in [4.78, 5) is 15.4. The van der Waals surface area contributed by atoms with Crippen LogP contribution in [0.3, 0.4) is 0 Å². The minimum Gasteiger partial charge on any atom is -0.338 e. The number of nitrogens with zero attached hydrogens (tertiary/aromatic N) is 1. The van der Waals surface area contributed by atoms with Crippen LogP contribution in [-0.2, 0) is 17.8 Å². The van der Waals surface area contributed by atoms with Gasteiger partial charge in [-0.05, 0) is 30.0 Å². The van der Waals surface area contributed by atoms with Crippen LogP contribution in [0.2, 0.25) is 0 Å². The van der Waals surface area contributed by atoms with Gasteiger partial charge < -0.3 is 10.6 Å². The fourth-order valence-electron chi connectivity index (χ4n) is 2.05. The molecule has 1 heterocycles. The van der Waals surface area contributed by atoms with Gasteiger partial charge in [0.1, 0.15) is 0 Å². The highest BCUT2D eigenvalue weighted by atomic mass is 32.1. The number of benzene rings is 1. The van der Waals surface area contributed by atoms with E-state index in [9.17, 15) is 4.79 Å². The van der Waals surface area contributed by atoms with E-state index in [2.05, 4.69) is 0 Å². The zero-order valence-corrected chi connectivity index (χ0v) is 12.3. The van der Waals surface area contributed by atoms with Gasteiger partial charge in [0.25, 0.3) is 0 Å². The molecule has 2 aromatic rings. The lowest BCUT2D eigenvalue weighted by molar-refractivity contribution is -0.131. The van der Waals surface area contributed by atoms with Gasteiger partial charge in [-0.3, -0.25) is 4.79 Å². The first-order chi connectivity index (χ1) is 9.79. The average Bonchev–Trinajstić information content (AvgIpc) is 2.97. The molecule has 0 aliphatic carbocycles. The van der Waals surface area contributed by atoms with E-state index in [0.717, 1.165) is 23.4 Å². The molecule has 3 nitrogen and oxygen atoms in total. The Bertz CT molecular complexity index is 511. The second-order valence-corrected chi connectivity index (χ2v) is 5.73. The Morgan fingerprint density at radius 1 is 1.15 bits per heavy atom. The zero-order valence-electron chi connectivity index (χ0n) is 11.5. The smallest absolute Gasteiger partial charge is 0.228 e. The molecule has 0 spiro atoms. The van der Waals surface area contributed by atoms with Gasteiger partial charge in [0.2, 0.25) is 5.91 Å². The van der Waals surface area contributed by atoms with Crippen molar-refractivity contribution in [3.63, 3.8) is 0 Å². The molecule has 4 heteroatoms. The molecule has 0 unspecified atom stereocenters. The van der Waals surface area contributed by atoms with Crippen molar-refractivity contribution < 1.29 is 4.79 Å². The lowest BCUT2D eigenvalue weighted by Crippen LogP contribution is -2.33. The van der Waals surface area contributed by atoms with Crippen LogP contribution in [0.15, 0.2) is 47.8 Å². The number of carbonyl (C=O) groups is 1. The topological polar surface area (TPSA) is 46.3 Å². The van der Waals surface area contributed by atoms with Crippen molar-refractivity contribution in [1.29, 1.82) is 0 Å². The maximum atomic E-state index is 12.4. The molecular formula is C16H20N2OS. The van der Waals surface area contributed by atoms with Crippen molar-refractivity contribution in [1.82, 2.24) is 4.90 Å². The molecule has 0 atom stereocenters. The second-order valence-electron chi connectivity index (χ2n) is 4.70. The summed E-state index contributed by atoms with van der Waals surface area (Å²) in [7, 11) is 0. The molecule has 2 rings (SSSR count). The minimum absolute atomic E-state index is 0.171. The lowest BCUT2D eigenvalue weighted by atomic mass is 10.2. The summed E-state index contributed by atoms with van der Waals surface area (Å²) in [5.74, 6) is 0.171. The van der Waals surface area contributed by atoms with Crippen LogP contribution in [0.25, 0.3) is 0 Å². The van der Waals surface area contributed by atoms with Gasteiger partial charge in [0.05, 0.1) is 6.42 Å². The third kappa shape index (κ3) is 4.47. The molecule has 0 fully saturated rings. The predicted molar refractivity (Wildman–Crippen MR) is 83.6 cm³/mol. The second kappa shape index (κ2) is 7.82. The van der Waals surface area contributed by atoms with Crippen molar-refractivity contribution in [3.05, 3.63) is 58.3 Å². The first-order valence-corrected chi connectivity index (χ1v) is 7.71. The van der Waals surface area contributed by atoms with Crippen LogP contribution in [0.4, 0.5) is 0 Å². The fourth-order valence-corrected chi connectivity index (χ4v) is 2.75. The highest BCUT2D eigenvalue weighted by molar-refractivity contribution is 7.10. The average molecular weight is 288 g/mol. The maximum Gasteiger partial charge on any atom is 0.228 e. The third-order valence-electron chi connectivity index (χ3n) is 3.11. The van der Waals surface area contributed by atoms with Gasteiger partial charge in [-0.1, -0.05) is 36.4 Å². The Labute approximate surface area is 124 Å². The Kier molecular flexibility index (Phi) is 5.77. The fraction of sp³-hybridized carbons (Fsp3) is 0.312. The quantitative estimate of drug-likeness (QED) is 0.851. The van der Waals surface area contributed by atoms with Gasteiger partial charge in [0, 0.05) is 18.0 Å². The summed E-state index contributed by atoms with van der Waals surface area (Å²) >= 11 is 1.63. The number of hydrogen-bond acceptors (Lipinski definition) is 3. The van der Waals surface area contributed by atoms with E-state index in [-0.39, 0.29) is 5.91 Å². The van der Waals surface area contributed by atoms with E-state index in [4.69, 9.17) is 5.73 Å². The van der Waals surface area contributed by atoms with E-state index in [1.54, 1.807) is 11.3 Å². The molecular weight excluding hydrogens is 268 g/mol. The minimum atomic E-state index is 0.171. The maximum absolute atomic E-state index is 12.4. The standard InChI is InChI=1S/C16H20N2OS/c17-9-5-10-18(13-14-6-2-1-3-7-14)16(19)12-15-8-4-11-20-15/h1-4,6-8,11H,5,9-10,12-13,17H2. The van der Waals surface area contributed by atoms with E-state index in [1.165, 1.54) is 0 Å². The van der Waals surface area contributed by atoms with Gasteiger partial charge >= 0.3 is 0 Å². The van der Waals surface area contributed by atoms with E-state index < -0.39 is 0 Å². The van der Waals surface area contributed by atoms with Crippen LogP contribution < -0.4 is 5.73 Å². The normalized spacial score (nSPS) is 10.4. The van der Waals surface area contributed by atoms with Gasteiger partial charge in [-0.25, -0.2) is 0 Å². The van der Waals surface area contributed by atoms with Crippen LogP contribution in [0.5, 0.6) is 0 Å². The molecule has 0 aliphatic rings. The van der Waals surface area contributed by atoms with Crippen molar-refractivity contribution in [2.24, 2.45) is 5.73 Å². The van der Waals surface area contributed by atoms with Crippen LogP contribution in [-0.4, -0.2) is 23.9 Å².